The Morgan fingerprint density at radius 3 is 1.03 bits per heavy atom. The molecule has 4 atom stereocenters. The monoisotopic (exact) mass is 1460 g/mol. The van der Waals surface area contributed by atoms with E-state index in [9.17, 15) is 71.9 Å². The van der Waals surface area contributed by atoms with Crippen LogP contribution in [0.3, 0.4) is 0 Å². The van der Waals surface area contributed by atoms with Gasteiger partial charge in [0, 0.05) is 5.02 Å². The van der Waals surface area contributed by atoms with Crippen LogP contribution in [0.4, 0.5) is 0 Å². The summed E-state index contributed by atoms with van der Waals surface area (Å²) >= 11 is 5.56. The maximum Gasteiger partial charge on any atom is 0.394 e. The summed E-state index contributed by atoms with van der Waals surface area (Å²) in [6.07, 6.45) is 6.90. The number of aliphatic carboxylic acids is 8. The molecule has 2 aliphatic heterocycles. The first-order valence-electron chi connectivity index (χ1n) is 28.1. The molecule has 14 N–H and O–H groups in total. The Balaban J connectivity index is -0.000000515. The van der Waals surface area contributed by atoms with E-state index in [1.807, 2.05) is 0 Å². The highest BCUT2D eigenvalue weighted by molar-refractivity contribution is 7.79. The molecule has 0 amide bonds. The number of ether oxygens (including phenoxy) is 6. The first kappa shape index (κ1) is 95.1. The van der Waals surface area contributed by atoms with Crippen LogP contribution in [0.1, 0.15) is 115 Å². The maximum atomic E-state index is 11.0. The zero-order valence-electron chi connectivity index (χ0n) is 52.4. The molecule has 554 valence electrons. The molecule has 0 spiro atoms. The molecule has 0 bridgehead atoms. The number of halogens is 1. The lowest BCUT2D eigenvalue weighted by atomic mass is 9.79. The Morgan fingerprint density at radius 1 is 0.485 bits per heavy atom. The average Bonchev–Trinajstić information content (AvgIpc) is 1.28. The molecule has 0 aromatic heterocycles. The fraction of sp³-hybridized carbons (Fsp3) is 0.441. The quantitative estimate of drug-likeness (QED) is 0.00973. The fourth-order valence-corrected chi connectivity index (χ4v) is 6.71. The third-order valence-corrected chi connectivity index (χ3v) is 11.5. The molecule has 2 saturated carbocycles. The van der Waals surface area contributed by atoms with Gasteiger partial charge in [0.1, 0.15) is 57.9 Å². The molecular formula is C59H77ClO38S. The average molecular weight is 1460 g/mol. The van der Waals surface area contributed by atoms with E-state index < -0.39 is 118 Å². The predicted octanol–water partition coefficient (Wildman–Crippen LogP) is 4.07. The standard InChI is InChI=1S/C9H12O6.C9H12O4.C8H12O4.C8H6O4.C8H12O4.C7H5ClO3.C4H6O4.C3H4O4.C3H6O.H2O4S/c10-8(14-4-6-2-12-6)1-9(11)15-5-7-3-13-7;1-3-5-12-8(10)7-9(11)13-6-4-2;2*9-7(10)5-1-2-6(4-3-5)8(11)12;9-7(10)5-3-1-2-4-6(5)8(11)12;8-6-3-1-2-5(4-6)7(9)11-10;5-3(6)1-2-4(7)8;4-2(5)1-3(6)7;1-2-3-4;1-5(2,3)4/h6-7H,1-5H2;3-4H,1-2,5-7H2;5-6H,1-4H2,(H,9,10)(H,11,12);1-4H,(H,9,10)(H,11,12);5-6H,1-4H2,(H,9,10)(H,11,12);1-4,10H;1-2H2,(H,5,6)(H,7,8);1H2,(H,4,5)(H,6,7);2,4H,1,3H2;(H2,1,2,3,4). The molecular weight excluding hydrogens is 1380 g/mol. The van der Waals surface area contributed by atoms with Crippen molar-refractivity contribution < 1.29 is 184 Å². The van der Waals surface area contributed by atoms with Gasteiger partial charge in [0.15, 0.2) is 0 Å². The van der Waals surface area contributed by atoms with Crippen molar-refractivity contribution in [3.8, 4) is 0 Å². The molecule has 2 aliphatic carbocycles. The summed E-state index contributed by atoms with van der Waals surface area (Å²) in [7, 11) is -4.67. The summed E-state index contributed by atoms with van der Waals surface area (Å²) in [5.74, 6) is -15.6. The number of carboxylic acid groups (broad SMARTS) is 10. The second kappa shape index (κ2) is 55.8. The SMILES string of the molecule is C=CCO.C=CCOC(=O)CC(=O)OCC=C.O=C(CC(=O)OCC1CO1)OCC1CO1.O=C(O)C1CCC(C(=O)O)CC1.O=C(O)C1CCCCC1C(=O)O.O=C(O)CC(=O)O.O=C(O)CCC(=O)O.O=C(O)c1ccc(C(=O)O)cc1.O=C(OO)c1cccc(Cl)c1.O=S(=O)(O)O. The lowest BCUT2D eigenvalue weighted by Crippen LogP contribution is -2.32. The molecule has 4 aliphatic rings. The summed E-state index contributed by atoms with van der Waals surface area (Å²) in [5, 5.41) is 98.9. The van der Waals surface area contributed by atoms with E-state index in [1.54, 1.807) is 12.1 Å². The van der Waals surface area contributed by atoms with Gasteiger partial charge in [-0.05, 0) is 81.0 Å². The van der Waals surface area contributed by atoms with Crippen LogP contribution in [-0.2, 0) is 101 Å². The van der Waals surface area contributed by atoms with Crippen molar-refractivity contribution in [2.45, 2.75) is 95.7 Å². The van der Waals surface area contributed by atoms with Gasteiger partial charge in [-0.2, -0.15) is 13.7 Å². The van der Waals surface area contributed by atoms with Crippen molar-refractivity contribution in [1.29, 1.82) is 0 Å². The van der Waals surface area contributed by atoms with E-state index in [0.29, 0.717) is 56.8 Å². The predicted molar refractivity (Wildman–Crippen MR) is 330 cm³/mol. The highest BCUT2D eigenvalue weighted by Gasteiger charge is 2.35. The largest absolute Gasteiger partial charge is 0.481 e. The van der Waals surface area contributed by atoms with Crippen molar-refractivity contribution >= 4 is 112 Å². The van der Waals surface area contributed by atoms with Gasteiger partial charge in [-0.15, -0.1) is 6.58 Å². The van der Waals surface area contributed by atoms with Gasteiger partial charge in [-0.25, -0.2) is 14.4 Å². The number of aliphatic hydroxyl groups is 1. The molecule has 2 aromatic carbocycles. The lowest BCUT2D eigenvalue weighted by molar-refractivity contribution is -0.182. The van der Waals surface area contributed by atoms with Crippen LogP contribution >= 0.6 is 11.6 Å². The number of carbonyl (C=O) groups excluding carboxylic acids is 5. The summed E-state index contributed by atoms with van der Waals surface area (Å²) < 4.78 is 59.9. The zero-order chi connectivity index (χ0) is 76.8. The van der Waals surface area contributed by atoms with Crippen LogP contribution in [0.15, 0.2) is 86.5 Å². The van der Waals surface area contributed by atoms with Crippen molar-refractivity contribution in [3.05, 3.63) is 108 Å². The third-order valence-electron chi connectivity index (χ3n) is 11.3. The summed E-state index contributed by atoms with van der Waals surface area (Å²) in [5.41, 5.74) is 0.389. The Hall–Kier alpha value is -10.3. The fourth-order valence-electron chi connectivity index (χ4n) is 6.52. The highest BCUT2D eigenvalue weighted by Crippen LogP contribution is 2.31. The van der Waals surface area contributed by atoms with Crippen LogP contribution in [0.5, 0.6) is 0 Å². The van der Waals surface area contributed by atoms with Crippen molar-refractivity contribution in [1.82, 2.24) is 0 Å². The maximum absolute atomic E-state index is 11.0. The Morgan fingerprint density at radius 2 is 0.808 bits per heavy atom. The molecule has 40 heteroatoms. The summed E-state index contributed by atoms with van der Waals surface area (Å²) in [4.78, 5) is 159. The minimum absolute atomic E-state index is 0.0184. The van der Waals surface area contributed by atoms with Crippen LogP contribution in [-0.4, -0.2) is 227 Å². The number of hydrogen-bond acceptors (Lipinski definition) is 26. The molecule has 38 nitrogen and oxygen atoms in total. The van der Waals surface area contributed by atoms with Crippen LogP contribution in [0.2, 0.25) is 5.02 Å². The van der Waals surface area contributed by atoms with Gasteiger partial charge in [-0.1, -0.05) is 61.9 Å². The smallest absolute Gasteiger partial charge is 0.394 e. The molecule has 2 saturated heterocycles. The number of aliphatic hydroxyl groups excluding tert-OH is 1. The number of carbonyl (C=O) groups is 15. The topological polar surface area (TPSA) is 645 Å². The summed E-state index contributed by atoms with van der Waals surface area (Å²) in [6, 6.07) is 11.1. The van der Waals surface area contributed by atoms with Gasteiger partial charge >= 0.3 is 99.9 Å². The van der Waals surface area contributed by atoms with Crippen molar-refractivity contribution in [2.24, 2.45) is 23.7 Å². The molecule has 2 heterocycles. The number of hydrogen-bond donors (Lipinski definition) is 14. The number of esters is 4. The molecule has 4 fully saturated rings. The van der Waals surface area contributed by atoms with Crippen LogP contribution in [0, 0.1) is 23.7 Å². The number of aromatic carboxylic acids is 2. The number of benzene rings is 2. The minimum atomic E-state index is -4.67. The van der Waals surface area contributed by atoms with Crippen molar-refractivity contribution in [3.63, 3.8) is 0 Å². The normalized spacial score (nSPS) is 16.7. The van der Waals surface area contributed by atoms with E-state index in [1.165, 1.54) is 54.6 Å². The van der Waals surface area contributed by atoms with E-state index in [-0.39, 0.29) is 99.5 Å². The van der Waals surface area contributed by atoms with Gasteiger partial charge in [0.2, 0.25) is 0 Å². The number of epoxide rings is 2. The second-order valence-corrected chi connectivity index (χ2v) is 20.6. The highest BCUT2D eigenvalue weighted by atomic mass is 35.5. The Labute approximate surface area is 567 Å². The van der Waals surface area contributed by atoms with Crippen LogP contribution in [0.25, 0.3) is 0 Å². The van der Waals surface area contributed by atoms with Gasteiger partial charge < -0.3 is 84.6 Å². The Kier molecular flexibility index (Phi) is 53.6. The van der Waals surface area contributed by atoms with Crippen LogP contribution < -0.4 is 0 Å². The summed E-state index contributed by atoms with van der Waals surface area (Å²) in [6.45, 7) is 11.9. The van der Waals surface area contributed by atoms with E-state index in [2.05, 4.69) is 34.1 Å². The molecule has 6 rings (SSSR count). The van der Waals surface area contributed by atoms with Gasteiger partial charge in [0.25, 0.3) is 0 Å². The van der Waals surface area contributed by atoms with Gasteiger partial charge in [0.05, 0.1) is 73.0 Å². The Bertz CT molecular complexity index is 2900. The zero-order valence-corrected chi connectivity index (χ0v) is 54.0. The molecule has 4 unspecified atom stereocenters. The molecule has 99 heavy (non-hydrogen) atoms. The molecule has 2 aromatic rings. The van der Waals surface area contributed by atoms with E-state index >= 15 is 0 Å². The minimum Gasteiger partial charge on any atom is -0.481 e. The van der Waals surface area contributed by atoms with Gasteiger partial charge in [-0.3, -0.25) is 71.5 Å². The second-order valence-electron chi connectivity index (χ2n) is 19.2. The van der Waals surface area contributed by atoms with Crippen molar-refractivity contribution in [2.75, 3.05) is 46.2 Å². The van der Waals surface area contributed by atoms with E-state index in [0.717, 1.165) is 12.8 Å². The first-order chi connectivity index (χ1) is 46.2. The first-order valence-corrected chi connectivity index (χ1v) is 29.9. The third kappa shape index (κ3) is 61.1. The number of carboxylic acids is 10. The van der Waals surface area contributed by atoms with E-state index in [4.69, 9.17) is 110 Å². The number of rotatable bonds is 25. The molecule has 0 radical (unpaired) electrons. The lowest BCUT2D eigenvalue weighted by Gasteiger charge is -2.24.